The molecule has 0 bridgehead atoms. The van der Waals surface area contributed by atoms with Crippen LogP contribution in [0.5, 0.6) is 0 Å². The molecule has 0 rings (SSSR count). The third-order valence-corrected chi connectivity index (χ3v) is 1.54. The second kappa shape index (κ2) is 6.25. The Morgan fingerprint density at radius 1 is 1.50 bits per heavy atom. The minimum Gasteiger partial charge on any atom is -0.394 e. The Morgan fingerprint density at radius 2 is 2.00 bits per heavy atom. The predicted octanol–water partition coefficient (Wildman–Crippen LogP) is -3.67. The van der Waals surface area contributed by atoms with Crippen LogP contribution in [0.3, 0.4) is 0 Å². The topological polar surface area (TPSA) is 144 Å². The van der Waals surface area contributed by atoms with Gasteiger partial charge in [0.1, 0.15) is 19.7 Å². The van der Waals surface area contributed by atoms with Crippen molar-refractivity contribution >= 4 is 18.7 Å². The van der Waals surface area contributed by atoms with Gasteiger partial charge in [0.15, 0.2) is 12.0 Å². The van der Waals surface area contributed by atoms with Gasteiger partial charge in [-0.25, -0.2) is 0 Å². The van der Waals surface area contributed by atoms with Crippen molar-refractivity contribution in [2.75, 3.05) is 6.61 Å². The molecule has 8 heteroatoms. The quantitative estimate of drug-likeness (QED) is 0.204. The molecule has 0 aromatic rings. The van der Waals surface area contributed by atoms with Gasteiger partial charge < -0.3 is 25.5 Å². The Kier molecular flexibility index (Phi) is 6.12. The molecule has 0 aliphatic heterocycles. The van der Waals surface area contributed by atoms with E-state index in [1.54, 1.807) is 0 Å². The SMILES string of the molecule is Cl.[2H]N[C@](O)(C=O)[C@@H](O)[C@H](O)[C@H](O)CO. The van der Waals surface area contributed by atoms with E-state index in [-0.39, 0.29) is 18.7 Å². The molecule has 0 aliphatic rings. The van der Waals surface area contributed by atoms with E-state index in [1.807, 2.05) is 0 Å². The fourth-order valence-electron chi connectivity index (χ4n) is 0.648. The van der Waals surface area contributed by atoms with Crippen molar-refractivity contribution < 1.29 is 31.7 Å². The van der Waals surface area contributed by atoms with Crippen molar-refractivity contribution in [1.29, 1.82) is 0 Å². The molecule has 0 aromatic carbocycles. The van der Waals surface area contributed by atoms with Crippen molar-refractivity contribution in [2.45, 2.75) is 24.0 Å². The van der Waals surface area contributed by atoms with Crippen molar-refractivity contribution in [2.24, 2.45) is 5.73 Å². The lowest BCUT2D eigenvalue weighted by Gasteiger charge is -2.28. The highest BCUT2D eigenvalue weighted by Crippen LogP contribution is 2.08. The summed E-state index contributed by atoms with van der Waals surface area (Å²) in [7, 11) is 0. The van der Waals surface area contributed by atoms with Gasteiger partial charge in [-0.3, -0.25) is 10.5 Å². The summed E-state index contributed by atoms with van der Waals surface area (Å²) >= 11 is 0. The third kappa shape index (κ3) is 3.84. The van der Waals surface area contributed by atoms with Gasteiger partial charge in [-0.05, 0) is 0 Å². The number of carbonyl (C=O) groups is 1. The maximum Gasteiger partial charge on any atom is 0.199 e. The Balaban J connectivity index is 0. The largest absolute Gasteiger partial charge is 0.394 e. The minimum absolute atomic E-state index is 0. The first-order chi connectivity index (χ1) is 6.42. The Labute approximate surface area is 87.7 Å². The zero-order chi connectivity index (χ0) is 11.4. The number of rotatable bonds is 6. The molecule has 0 unspecified atom stereocenters. The van der Waals surface area contributed by atoms with E-state index in [1.165, 1.54) is 5.73 Å². The highest BCUT2D eigenvalue weighted by atomic mass is 35.5. The molecule has 7 nitrogen and oxygen atoms in total. The van der Waals surface area contributed by atoms with Crippen LogP contribution in [0.4, 0.5) is 0 Å². The minimum atomic E-state index is -2.68. The van der Waals surface area contributed by atoms with E-state index in [9.17, 15) is 4.79 Å². The summed E-state index contributed by atoms with van der Waals surface area (Å²) in [5.74, 6) is 0. The average Bonchev–Trinajstić information content (AvgIpc) is 2.24. The van der Waals surface area contributed by atoms with E-state index in [4.69, 9.17) is 26.9 Å². The van der Waals surface area contributed by atoms with Crippen molar-refractivity contribution in [3.05, 3.63) is 0 Å². The van der Waals surface area contributed by atoms with Crippen LogP contribution in [0.1, 0.15) is 0 Å². The number of aldehydes is 1. The highest BCUT2D eigenvalue weighted by Gasteiger charge is 2.39. The fraction of sp³-hybridized carbons (Fsp3) is 0.833. The summed E-state index contributed by atoms with van der Waals surface area (Å²) in [5.41, 5.74) is -1.36. The van der Waals surface area contributed by atoms with Gasteiger partial charge in [-0.1, -0.05) is 0 Å². The smallest absolute Gasteiger partial charge is 0.199 e. The summed E-state index contributed by atoms with van der Waals surface area (Å²) in [5, 5.41) is 44.7. The summed E-state index contributed by atoms with van der Waals surface area (Å²) in [6.45, 7) is -0.856. The van der Waals surface area contributed by atoms with Gasteiger partial charge in [0.05, 0.1) is 6.61 Å². The van der Waals surface area contributed by atoms with E-state index in [0.717, 1.165) is 0 Å². The van der Waals surface area contributed by atoms with Crippen LogP contribution < -0.4 is 5.73 Å². The Hall–Kier alpha value is -0.280. The highest BCUT2D eigenvalue weighted by molar-refractivity contribution is 5.85. The molecule has 0 fully saturated rings. The van der Waals surface area contributed by atoms with Crippen molar-refractivity contribution in [3.63, 3.8) is 0 Å². The van der Waals surface area contributed by atoms with E-state index in [2.05, 4.69) is 0 Å². The van der Waals surface area contributed by atoms with Gasteiger partial charge in [0.2, 0.25) is 0 Å². The Morgan fingerprint density at radius 3 is 2.29 bits per heavy atom. The molecule has 0 radical (unpaired) electrons. The molecule has 7 N–H and O–H groups in total. The van der Waals surface area contributed by atoms with Crippen LogP contribution in [-0.2, 0) is 4.79 Å². The average molecular weight is 233 g/mol. The van der Waals surface area contributed by atoms with Crippen LogP contribution in [0.25, 0.3) is 0 Å². The Bertz CT molecular complexity index is 198. The number of aliphatic hydroxyl groups excluding tert-OH is 4. The number of hydrogen-bond acceptors (Lipinski definition) is 7. The first kappa shape index (κ1) is 13.7. The van der Waals surface area contributed by atoms with Gasteiger partial charge in [-0.15, -0.1) is 12.4 Å². The number of hydrogen-bond donors (Lipinski definition) is 6. The fourth-order valence-corrected chi connectivity index (χ4v) is 0.648. The molecule has 0 aromatic heterocycles. The molecule has 0 saturated carbocycles. The number of carbonyl (C=O) groups excluding carboxylic acids is 1. The van der Waals surface area contributed by atoms with E-state index >= 15 is 0 Å². The molecule has 0 heterocycles. The molecule has 4 atom stereocenters. The van der Waals surface area contributed by atoms with Gasteiger partial charge >= 0.3 is 0 Å². The standard InChI is InChI=1S/C6H13NO6.ClH/c7-6(13,2-9)5(12)4(11)3(10)1-8;/h2-5,8,10-13H,1,7H2;1H/t3-,4-,5+,6+;/m1./s1/i/hD. The number of aliphatic hydroxyl groups is 5. The van der Waals surface area contributed by atoms with E-state index < -0.39 is 30.6 Å². The lowest BCUT2D eigenvalue weighted by Crippen LogP contribution is -2.60. The summed E-state index contributed by atoms with van der Waals surface area (Å²) in [6, 6.07) is 0. The molecule has 0 saturated heterocycles. The van der Waals surface area contributed by atoms with Gasteiger partial charge in [0.25, 0.3) is 0 Å². The van der Waals surface area contributed by atoms with Crippen LogP contribution in [0.15, 0.2) is 0 Å². The van der Waals surface area contributed by atoms with Crippen LogP contribution in [0, 0.1) is 0 Å². The monoisotopic (exact) mass is 232 g/mol. The molecule has 14 heavy (non-hydrogen) atoms. The molecule has 86 valence electrons. The second-order valence-electron chi connectivity index (χ2n) is 2.63. The third-order valence-electron chi connectivity index (χ3n) is 1.54. The van der Waals surface area contributed by atoms with E-state index in [0.29, 0.717) is 0 Å². The van der Waals surface area contributed by atoms with Gasteiger partial charge in [0, 0.05) is 0 Å². The molecule has 0 aliphatic carbocycles. The zero-order valence-electron chi connectivity index (χ0n) is 8.07. The van der Waals surface area contributed by atoms with Crippen molar-refractivity contribution in [3.8, 4) is 0 Å². The van der Waals surface area contributed by atoms with Crippen LogP contribution in [0.2, 0.25) is 1.41 Å². The normalized spacial score (nSPS) is 22.2. The number of halogens is 1. The predicted molar refractivity (Wildman–Crippen MR) is 47.6 cm³/mol. The summed E-state index contributed by atoms with van der Waals surface area (Å²) in [4.78, 5) is 10.3. The summed E-state index contributed by atoms with van der Waals surface area (Å²) < 4.78 is 6.53. The molecule has 0 amide bonds. The van der Waals surface area contributed by atoms with Crippen molar-refractivity contribution in [1.82, 2.24) is 0 Å². The maximum absolute atomic E-state index is 10.3. The first-order valence-corrected chi connectivity index (χ1v) is 3.45. The maximum atomic E-state index is 10.3. The van der Waals surface area contributed by atoms with Crippen LogP contribution in [-0.4, -0.2) is 62.5 Å². The molecular weight excluding hydrogens is 218 g/mol. The molecular formula is C6H14ClNO6. The lowest BCUT2D eigenvalue weighted by atomic mass is 10.00. The van der Waals surface area contributed by atoms with Gasteiger partial charge in [-0.2, -0.15) is 0 Å². The second-order valence-corrected chi connectivity index (χ2v) is 2.63. The zero-order valence-corrected chi connectivity index (χ0v) is 7.89. The lowest BCUT2D eigenvalue weighted by molar-refractivity contribution is -0.163. The summed E-state index contributed by atoms with van der Waals surface area (Å²) in [6.07, 6.45) is -5.99. The molecule has 0 spiro atoms. The first-order valence-electron chi connectivity index (χ1n) is 3.95. The number of nitrogens with two attached hydrogens (primary N) is 1. The van der Waals surface area contributed by atoms with Crippen LogP contribution >= 0.6 is 12.4 Å².